The fourth-order valence-corrected chi connectivity index (χ4v) is 8.78. The molecule has 1 fully saturated rings. The highest BCUT2D eigenvalue weighted by molar-refractivity contribution is 6.74. The summed E-state index contributed by atoms with van der Waals surface area (Å²) in [5.41, 5.74) is 2.69. The van der Waals surface area contributed by atoms with E-state index in [0.29, 0.717) is 25.4 Å². The molecule has 298 valence electrons. The van der Waals surface area contributed by atoms with Gasteiger partial charge in [0.15, 0.2) is 8.32 Å². The second-order valence-corrected chi connectivity index (χ2v) is 21.8. The summed E-state index contributed by atoms with van der Waals surface area (Å²) in [5, 5.41) is -0.00722. The molecule has 9 atom stereocenters. The molecule has 1 heterocycles. The number of carbonyl (C=O) groups is 1. The van der Waals surface area contributed by atoms with Crippen molar-refractivity contribution in [2.75, 3.05) is 13.7 Å². The van der Waals surface area contributed by atoms with Gasteiger partial charge in [-0.15, -0.1) is 0 Å². The van der Waals surface area contributed by atoms with Crippen LogP contribution in [0.4, 0.5) is 0 Å². The minimum atomic E-state index is -2.27. The van der Waals surface area contributed by atoms with E-state index in [-0.39, 0.29) is 59.3 Å². The van der Waals surface area contributed by atoms with E-state index in [9.17, 15) is 4.79 Å². The molecule has 0 N–H and O–H groups in total. The van der Waals surface area contributed by atoms with Gasteiger partial charge in [-0.2, -0.15) is 0 Å². The zero-order chi connectivity index (χ0) is 39.3. The zero-order valence-electron chi connectivity index (χ0n) is 34.7. The Bertz CT molecular complexity index is 1500. The number of benzene rings is 3. The van der Waals surface area contributed by atoms with E-state index in [2.05, 4.69) is 85.8 Å². The van der Waals surface area contributed by atoms with Crippen molar-refractivity contribution in [3.8, 4) is 0 Å². The number of rotatable bonds is 20. The largest absolute Gasteiger partial charge is 0.458 e. The van der Waals surface area contributed by atoms with Gasteiger partial charge in [0.2, 0.25) is 0 Å². The van der Waals surface area contributed by atoms with Crippen LogP contribution in [0.2, 0.25) is 18.1 Å². The Morgan fingerprint density at radius 3 is 1.96 bits per heavy atom. The lowest BCUT2D eigenvalue weighted by Crippen LogP contribution is -2.52. The molecule has 8 heteroatoms. The number of methoxy groups -OCH3 is 1. The molecule has 1 aliphatic rings. The topological polar surface area (TPSA) is 72.5 Å². The number of carbonyl (C=O) groups excluding carboxylic acids is 1. The lowest BCUT2D eigenvalue weighted by atomic mass is 9.80. The molecule has 4 rings (SSSR count). The van der Waals surface area contributed by atoms with Crippen LogP contribution in [0.15, 0.2) is 91.0 Å². The van der Waals surface area contributed by atoms with Crippen molar-refractivity contribution >= 4 is 14.3 Å². The number of esters is 1. The first-order valence-electron chi connectivity index (χ1n) is 20.1. The Balaban J connectivity index is 1.66. The molecule has 0 aliphatic carbocycles. The van der Waals surface area contributed by atoms with Crippen molar-refractivity contribution in [2.24, 2.45) is 17.8 Å². The summed E-state index contributed by atoms with van der Waals surface area (Å²) < 4.78 is 39.3. The van der Waals surface area contributed by atoms with Gasteiger partial charge in [-0.3, -0.25) is 0 Å². The Morgan fingerprint density at radius 1 is 0.815 bits per heavy atom. The second-order valence-electron chi connectivity index (χ2n) is 17.1. The lowest BCUT2D eigenvalue weighted by Gasteiger charge is -2.45. The van der Waals surface area contributed by atoms with Gasteiger partial charge in [-0.1, -0.05) is 120 Å². The Morgan fingerprint density at radius 2 is 1.39 bits per heavy atom. The smallest absolute Gasteiger partial charge is 0.338 e. The second kappa shape index (κ2) is 20.9. The SMILES string of the molecule is CO[C@H]1C[C@H](CC[C@H](C)[C@H](O[Si](C)(C)C(C)(C)C)[C@H](C)[C@@H](OC(=O)c2ccccc2)[C@@H](C)[C@@H](COCc2ccccc2)OCc2ccccc2)O[C@@H](C)C1. The van der Waals surface area contributed by atoms with Crippen molar-refractivity contribution in [1.29, 1.82) is 0 Å². The third kappa shape index (κ3) is 13.1. The van der Waals surface area contributed by atoms with Gasteiger partial charge in [0.25, 0.3) is 0 Å². The summed E-state index contributed by atoms with van der Waals surface area (Å²) in [6, 6.07) is 29.6. The molecule has 54 heavy (non-hydrogen) atoms. The van der Waals surface area contributed by atoms with Crippen LogP contribution in [0.3, 0.4) is 0 Å². The first kappa shape index (κ1) is 43.9. The fraction of sp³-hybridized carbons (Fsp3) is 0.587. The summed E-state index contributed by atoms with van der Waals surface area (Å²) in [7, 11) is -0.467. The van der Waals surface area contributed by atoms with Gasteiger partial charge in [0.1, 0.15) is 6.10 Å². The first-order valence-corrected chi connectivity index (χ1v) is 23.0. The third-order valence-corrected chi connectivity index (χ3v) is 16.2. The van der Waals surface area contributed by atoms with E-state index in [1.807, 2.05) is 66.7 Å². The van der Waals surface area contributed by atoms with Gasteiger partial charge in [0.05, 0.1) is 55.9 Å². The van der Waals surface area contributed by atoms with E-state index in [0.717, 1.165) is 36.8 Å². The van der Waals surface area contributed by atoms with Crippen molar-refractivity contribution in [3.63, 3.8) is 0 Å². The first-order chi connectivity index (χ1) is 25.7. The van der Waals surface area contributed by atoms with Crippen molar-refractivity contribution in [2.45, 2.75) is 142 Å². The molecule has 0 aromatic heterocycles. The van der Waals surface area contributed by atoms with Crippen molar-refractivity contribution in [3.05, 3.63) is 108 Å². The zero-order valence-corrected chi connectivity index (χ0v) is 35.7. The van der Waals surface area contributed by atoms with Crippen LogP contribution >= 0.6 is 0 Å². The Hall–Kier alpha value is -2.85. The minimum Gasteiger partial charge on any atom is -0.458 e. The van der Waals surface area contributed by atoms with Crippen LogP contribution in [-0.2, 0) is 41.3 Å². The maximum absolute atomic E-state index is 14.0. The highest BCUT2D eigenvalue weighted by atomic mass is 28.4. The maximum Gasteiger partial charge on any atom is 0.338 e. The maximum atomic E-state index is 14.0. The summed E-state index contributed by atoms with van der Waals surface area (Å²) in [6.45, 7) is 21.5. The molecule has 0 spiro atoms. The predicted octanol–water partition coefficient (Wildman–Crippen LogP) is 10.7. The van der Waals surface area contributed by atoms with Gasteiger partial charge in [-0.05, 0) is 79.9 Å². The normalized spacial score (nSPS) is 21.4. The third-order valence-electron chi connectivity index (χ3n) is 11.7. The number of ether oxygens (including phenoxy) is 5. The van der Waals surface area contributed by atoms with Crippen LogP contribution in [0.5, 0.6) is 0 Å². The van der Waals surface area contributed by atoms with Gasteiger partial charge in [-0.25, -0.2) is 4.79 Å². The molecular weight excluding hydrogens is 693 g/mol. The molecule has 0 unspecified atom stereocenters. The van der Waals surface area contributed by atoms with E-state index in [4.69, 9.17) is 28.1 Å². The summed E-state index contributed by atoms with van der Waals surface area (Å²) in [5.74, 6) is -0.569. The standard InChI is InChI=1S/C46H68O7Si/c1-33(26-27-40-29-41(48-8)28-34(2)51-40)43(53-54(9,10)46(5,6)7)36(4)44(52-45(47)39-24-18-13-19-25-39)35(3)42(50-31-38-22-16-12-17-23-38)32-49-30-37-20-14-11-15-21-37/h11-25,33-36,40-44H,26-32H2,1-10H3/t33-,34-,35-,36-,40-,41+,42+,43-,44-/m0/s1. The Labute approximate surface area is 327 Å². The molecule has 1 saturated heterocycles. The molecule has 3 aromatic rings. The van der Waals surface area contributed by atoms with Gasteiger partial charge >= 0.3 is 5.97 Å². The highest BCUT2D eigenvalue weighted by Crippen LogP contribution is 2.42. The number of hydrogen-bond donors (Lipinski definition) is 0. The van der Waals surface area contributed by atoms with Crippen LogP contribution < -0.4 is 0 Å². The van der Waals surface area contributed by atoms with Crippen LogP contribution in [0.1, 0.15) is 95.6 Å². The molecule has 3 aromatic carbocycles. The molecule has 7 nitrogen and oxygen atoms in total. The van der Waals surface area contributed by atoms with Gasteiger partial charge < -0.3 is 28.1 Å². The van der Waals surface area contributed by atoms with Crippen LogP contribution in [0.25, 0.3) is 0 Å². The van der Waals surface area contributed by atoms with E-state index < -0.39 is 14.4 Å². The number of hydrogen-bond acceptors (Lipinski definition) is 7. The summed E-state index contributed by atoms with van der Waals surface area (Å²) in [4.78, 5) is 14.0. The minimum absolute atomic E-state index is 0.00722. The van der Waals surface area contributed by atoms with E-state index in [1.165, 1.54) is 0 Å². The lowest BCUT2D eigenvalue weighted by molar-refractivity contribution is -0.113. The van der Waals surface area contributed by atoms with Gasteiger partial charge in [0, 0.05) is 18.9 Å². The van der Waals surface area contributed by atoms with E-state index in [1.54, 1.807) is 7.11 Å². The monoisotopic (exact) mass is 760 g/mol. The average Bonchev–Trinajstić information content (AvgIpc) is 3.16. The summed E-state index contributed by atoms with van der Waals surface area (Å²) in [6.07, 6.45) is 3.09. The fourth-order valence-electron chi connectivity index (χ4n) is 7.30. The predicted molar refractivity (Wildman–Crippen MR) is 220 cm³/mol. The Kier molecular flexibility index (Phi) is 17.0. The van der Waals surface area contributed by atoms with Crippen molar-refractivity contribution < 1.29 is 32.9 Å². The average molecular weight is 761 g/mol. The molecular formula is C46H68O7Si. The quantitative estimate of drug-likeness (QED) is 0.0839. The molecule has 1 aliphatic heterocycles. The highest BCUT2D eigenvalue weighted by Gasteiger charge is 2.45. The van der Waals surface area contributed by atoms with Crippen LogP contribution in [-0.4, -0.2) is 64.6 Å². The van der Waals surface area contributed by atoms with Crippen molar-refractivity contribution in [1.82, 2.24) is 0 Å². The van der Waals surface area contributed by atoms with Crippen LogP contribution in [0, 0.1) is 17.8 Å². The van der Waals surface area contributed by atoms with E-state index >= 15 is 0 Å². The molecule has 0 saturated carbocycles. The molecule has 0 radical (unpaired) electrons. The summed E-state index contributed by atoms with van der Waals surface area (Å²) >= 11 is 0. The molecule has 0 amide bonds. The molecule has 0 bridgehead atoms.